The predicted molar refractivity (Wildman–Crippen MR) is 125 cm³/mol. The van der Waals surface area contributed by atoms with E-state index < -0.39 is 15.0 Å². The van der Waals surface area contributed by atoms with Crippen LogP contribution in [-0.2, 0) is 19.5 Å². The van der Waals surface area contributed by atoms with E-state index in [4.69, 9.17) is 23.2 Å². The molecule has 4 aromatic rings. The summed E-state index contributed by atoms with van der Waals surface area (Å²) in [4.78, 5) is 10.9. The minimum Gasteiger partial charge on any atom is -0.744 e. The molecule has 0 aliphatic heterocycles. The first-order valence-corrected chi connectivity index (χ1v) is 12.3. The summed E-state index contributed by atoms with van der Waals surface area (Å²) in [6.07, 6.45) is 0. The second kappa shape index (κ2) is 14.5. The van der Waals surface area contributed by atoms with Crippen molar-refractivity contribution in [3.05, 3.63) is 59.1 Å². The fourth-order valence-corrected chi connectivity index (χ4v) is 4.47. The van der Waals surface area contributed by atoms with Gasteiger partial charge in [0.05, 0.1) is 21.8 Å². The van der Waals surface area contributed by atoms with Gasteiger partial charge in [0, 0.05) is 11.1 Å². The van der Waals surface area contributed by atoms with Crippen molar-refractivity contribution in [3.8, 4) is 5.75 Å². The van der Waals surface area contributed by atoms with Crippen molar-refractivity contribution in [1.29, 1.82) is 0 Å². The molecule has 0 fully saturated rings. The summed E-state index contributed by atoms with van der Waals surface area (Å²) in [5.41, 5.74) is 0.0404. The number of phenols is 1. The van der Waals surface area contributed by atoms with Crippen LogP contribution in [0.2, 0.25) is 10.6 Å². The SMILES string of the molecule is O=S(=O)([O-])c1ccccc1N=Nc1c(SOO[O-])cc2cc(Nc3nc(Cl)nc(Cl)n3)ccc2c1O.[Na+].[Na+]. The largest absolute Gasteiger partial charge is 1.00 e. The van der Waals surface area contributed by atoms with Crippen LogP contribution in [-0.4, -0.2) is 33.0 Å². The molecule has 0 unspecified atom stereocenters. The van der Waals surface area contributed by atoms with Crippen LogP contribution >= 0.6 is 35.2 Å². The van der Waals surface area contributed by atoms with Gasteiger partial charge in [-0.2, -0.15) is 19.3 Å². The van der Waals surface area contributed by atoms with E-state index in [9.17, 15) is 23.3 Å². The summed E-state index contributed by atoms with van der Waals surface area (Å²) >= 11 is 12.0. The van der Waals surface area contributed by atoms with Crippen molar-refractivity contribution in [2.45, 2.75) is 9.79 Å². The maximum absolute atomic E-state index is 11.5. The first-order valence-electron chi connectivity index (χ1n) is 9.39. The van der Waals surface area contributed by atoms with Crippen molar-refractivity contribution in [2.24, 2.45) is 10.2 Å². The molecule has 0 spiro atoms. The number of aromatic hydroxyl groups is 1. The van der Waals surface area contributed by atoms with Gasteiger partial charge in [0.15, 0.2) is 5.75 Å². The van der Waals surface area contributed by atoms with Gasteiger partial charge in [-0.1, -0.05) is 12.1 Å². The molecule has 1 aromatic heterocycles. The molecule has 1 heterocycles. The third-order valence-corrected chi connectivity index (χ3v) is 6.27. The number of nitrogens with zero attached hydrogens (tertiary/aromatic N) is 5. The number of halogens is 2. The number of aromatic nitrogens is 3. The number of nitrogens with one attached hydrogen (secondary N) is 1. The number of anilines is 2. The van der Waals surface area contributed by atoms with E-state index in [-0.39, 0.29) is 97.6 Å². The molecular weight excluding hydrogens is 605 g/mol. The van der Waals surface area contributed by atoms with E-state index in [0.717, 1.165) is 6.07 Å². The van der Waals surface area contributed by atoms with Crippen LogP contribution in [0.4, 0.5) is 23.0 Å². The van der Waals surface area contributed by atoms with Gasteiger partial charge in [-0.3, -0.25) is 5.04 Å². The Bertz CT molecular complexity index is 1580. The molecule has 0 saturated carbocycles. The Morgan fingerprint density at radius 2 is 1.68 bits per heavy atom. The van der Waals surface area contributed by atoms with E-state index in [1.807, 2.05) is 0 Å². The number of rotatable bonds is 8. The molecule has 0 radical (unpaired) electrons. The van der Waals surface area contributed by atoms with Crippen LogP contribution in [0.3, 0.4) is 0 Å². The van der Waals surface area contributed by atoms with Crippen LogP contribution in [0.5, 0.6) is 5.75 Å². The Morgan fingerprint density at radius 3 is 2.34 bits per heavy atom. The fraction of sp³-hybridized carbons (Fsp3) is 0. The molecule has 0 bridgehead atoms. The van der Waals surface area contributed by atoms with Gasteiger partial charge in [0.25, 0.3) is 0 Å². The van der Waals surface area contributed by atoms with E-state index in [0.29, 0.717) is 28.5 Å². The molecule has 0 amide bonds. The van der Waals surface area contributed by atoms with Gasteiger partial charge in [0.1, 0.15) is 21.5 Å². The summed E-state index contributed by atoms with van der Waals surface area (Å²) in [5.74, 6) is -0.313. The van der Waals surface area contributed by atoms with E-state index in [1.165, 1.54) is 30.3 Å². The van der Waals surface area contributed by atoms with Gasteiger partial charge < -0.3 is 20.2 Å². The number of phenolic OH excluding ortho intramolecular Hbond substituents is 1. The summed E-state index contributed by atoms with van der Waals surface area (Å²) < 4.78 is 38.9. The van der Waals surface area contributed by atoms with Crippen LogP contribution in [0.15, 0.2) is 68.6 Å². The molecule has 3 aromatic carbocycles. The number of benzene rings is 3. The van der Waals surface area contributed by atoms with Crippen molar-refractivity contribution >= 4 is 79.1 Å². The molecule has 186 valence electrons. The van der Waals surface area contributed by atoms with Gasteiger partial charge in [0.2, 0.25) is 16.5 Å². The Hall–Kier alpha value is -1.15. The van der Waals surface area contributed by atoms with Gasteiger partial charge >= 0.3 is 59.1 Å². The quantitative estimate of drug-likeness (QED) is 0.0573. The molecule has 0 aliphatic carbocycles. The number of fused-ring (bicyclic) bond motifs is 1. The van der Waals surface area contributed by atoms with Crippen molar-refractivity contribution in [3.63, 3.8) is 0 Å². The second-order valence-corrected chi connectivity index (χ2v) is 9.44. The number of hydrogen-bond acceptors (Lipinski definition) is 14. The van der Waals surface area contributed by atoms with Crippen molar-refractivity contribution < 1.29 is 91.8 Å². The summed E-state index contributed by atoms with van der Waals surface area (Å²) in [5, 5.41) is 35.8. The molecule has 13 nitrogen and oxygen atoms in total. The molecule has 38 heavy (non-hydrogen) atoms. The number of azo groups is 1. The third-order valence-electron chi connectivity index (χ3n) is 4.43. The van der Waals surface area contributed by atoms with Crippen LogP contribution < -0.4 is 69.7 Å². The summed E-state index contributed by atoms with van der Waals surface area (Å²) in [7, 11) is -4.84. The van der Waals surface area contributed by atoms with E-state index in [1.54, 1.807) is 12.1 Å². The summed E-state index contributed by atoms with van der Waals surface area (Å²) in [6, 6.07) is 11.3. The smallest absolute Gasteiger partial charge is 0.744 e. The molecule has 0 saturated heterocycles. The summed E-state index contributed by atoms with van der Waals surface area (Å²) in [6.45, 7) is 0. The molecule has 19 heteroatoms. The molecule has 2 N–H and O–H groups in total. The average molecular weight is 615 g/mol. The third kappa shape index (κ3) is 8.18. The zero-order valence-corrected chi connectivity index (χ0v) is 26.5. The minimum absolute atomic E-state index is 0. The van der Waals surface area contributed by atoms with E-state index >= 15 is 0 Å². The predicted octanol–water partition coefficient (Wildman–Crippen LogP) is -1.66. The first kappa shape index (κ1) is 33.1. The van der Waals surface area contributed by atoms with Crippen molar-refractivity contribution in [1.82, 2.24) is 15.0 Å². The monoisotopic (exact) mass is 614 g/mol. The molecular formula is C19H10Cl2N6Na2O7S2. The van der Waals surface area contributed by atoms with Gasteiger partial charge in [-0.25, -0.2) is 8.42 Å². The van der Waals surface area contributed by atoms with Crippen molar-refractivity contribution in [2.75, 3.05) is 5.32 Å². The topological polar surface area (TPSA) is 194 Å². The Balaban J connectivity index is 0.00000253. The molecule has 0 atom stereocenters. The Labute approximate surface area is 273 Å². The zero-order valence-electron chi connectivity index (χ0n) is 19.3. The molecule has 4 rings (SSSR count). The van der Waals surface area contributed by atoms with Gasteiger partial charge in [-0.05, 0) is 65.0 Å². The van der Waals surface area contributed by atoms with Gasteiger partial charge in [-0.15, -0.1) is 10.2 Å². The second-order valence-electron chi connectivity index (χ2n) is 6.67. The maximum Gasteiger partial charge on any atom is 1.00 e. The standard InChI is InChI=1S/C19H12Cl2N6O7S2.2Na/c20-17-23-18(21)25-19(24-17)22-10-5-6-11-9(7-10)8-13(35-34-33-29)15(16(11)28)27-26-12-3-1-2-4-14(12)36(30,31)32;;/h1-8,28-29H,(H,30,31,32)(H,22,23,24,25);;/q;2*+1/p-2. The minimum atomic E-state index is -4.84. The maximum atomic E-state index is 11.5. The van der Waals surface area contributed by atoms with Crippen LogP contribution in [0.25, 0.3) is 10.8 Å². The fourth-order valence-electron chi connectivity index (χ4n) is 3.01. The average Bonchev–Trinajstić information content (AvgIpc) is 2.81. The Kier molecular flexibility index (Phi) is 12.6. The number of hydrogen-bond donors (Lipinski definition) is 2. The normalized spacial score (nSPS) is 11.3. The van der Waals surface area contributed by atoms with Crippen LogP contribution in [0, 0.1) is 0 Å². The first-order chi connectivity index (χ1) is 17.2. The van der Waals surface area contributed by atoms with E-state index in [2.05, 4.69) is 39.9 Å². The Morgan fingerprint density at radius 1 is 1.00 bits per heavy atom. The zero-order chi connectivity index (χ0) is 25.9. The van der Waals surface area contributed by atoms with Crippen LogP contribution in [0.1, 0.15) is 0 Å². The molecule has 0 aliphatic rings.